The summed E-state index contributed by atoms with van der Waals surface area (Å²) in [5.41, 5.74) is 1.47. The number of nitrogens with one attached hydrogen (secondary N) is 1. The highest BCUT2D eigenvalue weighted by molar-refractivity contribution is 7.20. The maximum absolute atomic E-state index is 12.7. The molecule has 0 unspecified atom stereocenters. The number of carbonyl (C=O) groups is 1. The third kappa shape index (κ3) is 3.10. The van der Waals surface area contributed by atoms with Crippen molar-refractivity contribution in [2.45, 2.75) is 39.8 Å². The fraction of sp³-hybridized carbons (Fsp3) is 0.368. The van der Waals surface area contributed by atoms with Crippen molar-refractivity contribution >= 4 is 27.5 Å². The Morgan fingerprint density at radius 1 is 1.44 bits per heavy atom. The average Bonchev–Trinajstić information content (AvgIpc) is 3.26. The Labute approximate surface area is 160 Å². The lowest BCUT2D eigenvalue weighted by molar-refractivity contribution is 0.0954. The molecule has 27 heavy (non-hydrogen) atoms. The van der Waals surface area contributed by atoms with Gasteiger partial charge in [0.05, 0.1) is 16.9 Å². The van der Waals surface area contributed by atoms with Gasteiger partial charge in [0.1, 0.15) is 10.7 Å². The molecule has 1 N–H and O–H groups in total. The number of pyridine rings is 1. The molecule has 0 aliphatic carbocycles. The molecule has 0 bridgehead atoms. The van der Waals surface area contributed by atoms with Gasteiger partial charge in [0.2, 0.25) is 5.88 Å². The van der Waals surface area contributed by atoms with Crippen LogP contribution < -0.4 is 15.6 Å². The second-order valence-electron chi connectivity index (χ2n) is 6.41. The summed E-state index contributed by atoms with van der Waals surface area (Å²) in [4.78, 5) is 35.5. The number of hydrogen-bond acceptors (Lipinski definition) is 6. The highest BCUT2D eigenvalue weighted by Crippen LogP contribution is 2.28. The Hall–Kier alpha value is -2.74. The molecule has 4 heterocycles. The fourth-order valence-corrected chi connectivity index (χ4v) is 4.48. The molecule has 3 aromatic rings. The lowest BCUT2D eigenvalue weighted by Crippen LogP contribution is -2.23. The van der Waals surface area contributed by atoms with Crippen LogP contribution in [0.4, 0.5) is 0 Å². The summed E-state index contributed by atoms with van der Waals surface area (Å²) in [7, 11) is 0. The van der Waals surface area contributed by atoms with Gasteiger partial charge in [0.25, 0.3) is 11.5 Å². The Morgan fingerprint density at radius 2 is 2.30 bits per heavy atom. The van der Waals surface area contributed by atoms with E-state index in [9.17, 15) is 9.59 Å². The van der Waals surface area contributed by atoms with Crippen molar-refractivity contribution in [2.24, 2.45) is 0 Å². The van der Waals surface area contributed by atoms with Crippen molar-refractivity contribution < 1.29 is 9.53 Å². The number of fused-ring (bicyclic) bond motifs is 2. The number of aromatic nitrogens is 3. The van der Waals surface area contributed by atoms with Gasteiger partial charge in [-0.05, 0) is 31.9 Å². The number of carbonyl (C=O) groups excluding carboxylic acids is 1. The van der Waals surface area contributed by atoms with Crippen LogP contribution >= 0.6 is 11.3 Å². The lowest BCUT2D eigenvalue weighted by atomic mass is 10.2. The zero-order valence-corrected chi connectivity index (χ0v) is 16.1. The van der Waals surface area contributed by atoms with Crippen molar-refractivity contribution in [2.75, 3.05) is 6.61 Å². The summed E-state index contributed by atoms with van der Waals surface area (Å²) in [6.45, 7) is 5.22. The number of thiophene rings is 1. The molecule has 4 rings (SSSR count). The van der Waals surface area contributed by atoms with E-state index < -0.39 is 0 Å². The van der Waals surface area contributed by atoms with Crippen LogP contribution in [0, 0.1) is 6.92 Å². The van der Waals surface area contributed by atoms with Gasteiger partial charge in [0.15, 0.2) is 0 Å². The van der Waals surface area contributed by atoms with E-state index in [1.807, 2.05) is 19.9 Å². The van der Waals surface area contributed by atoms with Crippen molar-refractivity contribution in [3.05, 3.63) is 50.5 Å². The topological polar surface area (TPSA) is 86.1 Å². The zero-order valence-electron chi connectivity index (χ0n) is 15.2. The van der Waals surface area contributed by atoms with Crippen molar-refractivity contribution in [1.29, 1.82) is 0 Å². The van der Waals surface area contributed by atoms with E-state index in [1.54, 1.807) is 16.8 Å². The first-order valence-corrected chi connectivity index (χ1v) is 9.79. The van der Waals surface area contributed by atoms with Crippen molar-refractivity contribution in [3.63, 3.8) is 0 Å². The lowest BCUT2D eigenvalue weighted by Gasteiger charge is -2.09. The largest absolute Gasteiger partial charge is 0.478 e. The molecule has 8 heteroatoms. The van der Waals surface area contributed by atoms with E-state index in [4.69, 9.17) is 4.74 Å². The van der Waals surface area contributed by atoms with E-state index >= 15 is 0 Å². The summed E-state index contributed by atoms with van der Waals surface area (Å²) in [6.07, 6.45) is 3.41. The third-order valence-electron chi connectivity index (χ3n) is 4.69. The van der Waals surface area contributed by atoms with Crippen LogP contribution in [0.2, 0.25) is 0 Å². The molecule has 0 spiro atoms. The van der Waals surface area contributed by atoms with E-state index in [2.05, 4.69) is 15.3 Å². The molecule has 0 saturated carbocycles. The number of hydrogen-bond donors (Lipinski definition) is 1. The highest BCUT2D eigenvalue weighted by Gasteiger charge is 2.23. The van der Waals surface area contributed by atoms with Gasteiger partial charge in [-0.25, -0.2) is 9.97 Å². The minimum Gasteiger partial charge on any atom is -0.478 e. The molecule has 140 valence electrons. The molecule has 0 aromatic carbocycles. The predicted octanol–water partition coefficient (Wildman–Crippen LogP) is 2.44. The maximum Gasteiger partial charge on any atom is 0.262 e. The minimum atomic E-state index is -0.216. The van der Waals surface area contributed by atoms with Gasteiger partial charge in [-0.15, -0.1) is 11.3 Å². The molecule has 0 atom stereocenters. The maximum atomic E-state index is 12.7. The van der Waals surface area contributed by atoms with Crippen LogP contribution in [0.3, 0.4) is 0 Å². The molecule has 1 aliphatic heterocycles. The molecular weight excluding hydrogens is 364 g/mol. The van der Waals surface area contributed by atoms with E-state index in [-0.39, 0.29) is 11.5 Å². The average molecular weight is 384 g/mol. The fourth-order valence-electron chi connectivity index (χ4n) is 3.37. The molecule has 0 radical (unpaired) electrons. The van der Waals surface area contributed by atoms with Crippen LogP contribution in [0.1, 0.15) is 40.0 Å². The molecule has 7 nitrogen and oxygen atoms in total. The number of rotatable bonds is 5. The van der Waals surface area contributed by atoms with Gasteiger partial charge in [-0.2, -0.15) is 0 Å². The Bertz CT molecular complexity index is 1090. The van der Waals surface area contributed by atoms with Crippen LogP contribution in [0.15, 0.2) is 23.1 Å². The number of amides is 1. The molecule has 1 amide bonds. The highest BCUT2D eigenvalue weighted by atomic mass is 32.1. The zero-order chi connectivity index (χ0) is 19.0. The second kappa shape index (κ2) is 7.11. The smallest absolute Gasteiger partial charge is 0.262 e. The van der Waals surface area contributed by atoms with Crippen LogP contribution in [-0.4, -0.2) is 27.0 Å². The number of nitrogens with zero attached hydrogens (tertiary/aromatic N) is 3. The van der Waals surface area contributed by atoms with E-state index in [0.29, 0.717) is 46.2 Å². The Balaban J connectivity index is 1.61. The number of ether oxygens (including phenoxy) is 1. The van der Waals surface area contributed by atoms with E-state index in [1.165, 1.54) is 11.3 Å². The van der Waals surface area contributed by atoms with Crippen LogP contribution in [0.25, 0.3) is 10.2 Å². The van der Waals surface area contributed by atoms with Crippen molar-refractivity contribution in [3.8, 4) is 5.88 Å². The minimum absolute atomic E-state index is 0.0359. The first kappa shape index (κ1) is 17.7. The molecular formula is C19H20N4O3S. The van der Waals surface area contributed by atoms with Gasteiger partial charge >= 0.3 is 0 Å². The summed E-state index contributed by atoms with van der Waals surface area (Å²) in [5.74, 6) is 1.12. The monoisotopic (exact) mass is 384 g/mol. The quantitative estimate of drug-likeness (QED) is 0.730. The summed E-state index contributed by atoms with van der Waals surface area (Å²) in [5, 5.41) is 3.47. The van der Waals surface area contributed by atoms with Crippen molar-refractivity contribution in [1.82, 2.24) is 19.9 Å². The van der Waals surface area contributed by atoms with Crippen LogP contribution in [0.5, 0.6) is 5.88 Å². The van der Waals surface area contributed by atoms with Gasteiger partial charge in [-0.1, -0.05) is 6.07 Å². The van der Waals surface area contributed by atoms with E-state index in [0.717, 1.165) is 24.2 Å². The SMILES string of the molecule is CCOc1ncccc1CNC(=O)c1sc2nc3n(c(=O)c2c1C)CCC3. The second-order valence-corrected chi connectivity index (χ2v) is 7.41. The first-order chi connectivity index (χ1) is 13.1. The summed E-state index contributed by atoms with van der Waals surface area (Å²) in [6, 6.07) is 3.68. The molecule has 1 aliphatic rings. The van der Waals surface area contributed by atoms with Gasteiger partial charge in [-0.3, -0.25) is 14.2 Å². The molecule has 0 saturated heterocycles. The van der Waals surface area contributed by atoms with Gasteiger partial charge < -0.3 is 10.1 Å². The number of aryl methyl sites for hydroxylation is 2. The molecule has 0 fully saturated rings. The standard InChI is InChI=1S/C19H20N4O3S/c1-3-26-17-12(6-4-8-20-17)10-21-16(24)15-11(2)14-18(27-15)22-13-7-5-9-23(13)19(14)25/h4,6,8H,3,5,7,9-10H2,1-2H3,(H,21,24). The third-order valence-corrected chi connectivity index (χ3v) is 5.87. The van der Waals surface area contributed by atoms with Gasteiger partial charge in [0, 0.05) is 31.3 Å². The summed E-state index contributed by atoms with van der Waals surface area (Å²) >= 11 is 1.28. The Morgan fingerprint density at radius 3 is 3.11 bits per heavy atom. The van der Waals surface area contributed by atoms with Crippen LogP contribution in [-0.2, 0) is 19.5 Å². The normalized spacial score (nSPS) is 13.0. The Kier molecular flexibility index (Phi) is 4.65. The summed E-state index contributed by atoms with van der Waals surface area (Å²) < 4.78 is 7.22. The first-order valence-electron chi connectivity index (χ1n) is 8.97. The predicted molar refractivity (Wildman–Crippen MR) is 104 cm³/mol. The molecule has 3 aromatic heterocycles.